The second-order valence-corrected chi connectivity index (χ2v) is 4.27. The molecule has 0 amide bonds. The van der Waals surface area contributed by atoms with Gasteiger partial charge in [0.25, 0.3) is 5.56 Å². The molecule has 2 unspecified atom stereocenters. The molecule has 1 aliphatic heterocycles. The van der Waals surface area contributed by atoms with Gasteiger partial charge in [0.2, 0.25) is 0 Å². The van der Waals surface area contributed by atoms with Crippen LogP contribution < -0.4 is 10.5 Å². The molecule has 14 heavy (non-hydrogen) atoms. The fourth-order valence-corrected chi connectivity index (χ4v) is 2.48. The number of nitrogens with zero attached hydrogens (tertiary/aromatic N) is 2. The van der Waals surface area contributed by atoms with Crippen molar-refractivity contribution < 1.29 is 0 Å². The molecule has 1 aliphatic carbocycles. The fourth-order valence-electron chi connectivity index (χ4n) is 2.48. The molecule has 4 nitrogen and oxygen atoms in total. The summed E-state index contributed by atoms with van der Waals surface area (Å²) in [6, 6.07) is 1.59. The van der Waals surface area contributed by atoms with Crippen molar-refractivity contribution in [2.45, 2.75) is 12.8 Å². The lowest BCUT2D eigenvalue weighted by molar-refractivity contribution is 0.243. The lowest BCUT2D eigenvalue weighted by atomic mass is 9.77. The van der Waals surface area contributed by atoms with Crippen LogP contribution in [0.2, 0.25) is 0 Å². The zero-order valence-electron chi connectivity index (χ0n) is 7.94. The molecule has 0 radical (unpaired) electrons. The van der Waals surface area contributed by atoms with Crippen molar-refractivity contribution in [1.29, 1.82) is 0 Å². The minimum atomic E-state index is -0.0609. The Morgan fingerprint density at radius 2 is 2.07 bits per heavy atom. The van der Waals surface area contributed by atoms with Gasteiger partial charge < -0.3 is 9.88 Å². The molecule has 2 heterocycles. The van der Waals surface area contributed by atoms with Gasteiger partial charge in [-0.15, -0.1) is 0 Å². The van der Waals surface area contributed by atoms with Gasteiger partial charge >= 0.3 is 0 Å². The molecule has 2 fully saturated rings. The van der Waals surface area contributed by atoms with Crippen LogP contribution in [0.1, 0.15) is 12.8 Å². The van der Waals surface area contributed by atoms with Crippen LogP contribution in [-0.4, -0.2) is 23.1 Å². The summed E-state index contributed by atoms with van der Waals surface area (Å²) in [6.07, 6.45) is 4.19. The second kappa shape index (κ2) is 2.83. The normalized spacial score (nSPS) is 29.9. The van der Waals surface area contributed by atoms with Crippen LogP contribution in [0.5, 0.6) is 0 Å². The van der Waals surface area contributed by atoms with Crippen LogP contribution in [0.4, 0.5) is 5.82 Å². The molecule has 74 valence electrons. The largest absolute Gasteiger partial charge is 0.356 e. The van der Waals surface area contributed by atoms with Gasteiger partial charge in [-0.25, -0.2) is 4.98 Å². The van der Waals surface area contributed by atoms with Gasteiger partial charge in [-0.05, 0) is 24.7 Å². The van der Waals surface area contributed by atoms with E-state index in [9.17, 15) is 4.79 Å². The predicted octanol–water partition coefficient (Wildman–Crippen LogP) is 0.616. The van der Waals surface area contributed by atoms with Crippen LogP contribution in [0.3, 0.4) is 0 Å². The van der Waals surface area contributed by atoms with E-state index in [0.717, 1.165) is 30.7 Å². The Bertz CT molecular complexity index is 388. The highest BCUT2D eigenvalue weighted by atomic mass is 16.1. The average molecular weight is 191 g/mol. The molecular formula is C10H13N3O. The monoisotopic (exact) mass is 191 g/mol. The first-order valence-electron chi connectivity index (χ1n) is 5.12. The average Bonchev–Trinajstić information content (AvgIpc) is 2.43. The molecule has 0 aromatic carbocycles. The quantitative estimate of drug-likeness (QED) is 0.707. The molecule has 2 atom stereocenters. The van der Waals surface area contributed by atoms with E-state index in [1.54, 1.807) is 6.07 Å². The van der Waals surface area contributed by atoms with Gasteiger partial charge in [0.05, 0.1) is 6.33 Å². The molecule has 2 aliphatic rings. The van der Waals surface area contributed by atoms with E-state index in [4.69, 9.17) is 0 Å². The smallest absolute Gasteiger partial charge is 0.252 e. The van der Waals surface area contributed by atoms with Gasteiger partial charge in [-0.3, -0.25) is 4.79 Å². The standard InChI is InChI=1S/C10H13N3O/c14-10-3-9(11-6-12-10)13-4-7-1-2-8(7)5-13/h3,6-8H,1-2,4-5H2,(H,11,12,14). The summed E-state index contributed by atoms with van der Waals surface area (Å²) in [4.78, 5) is 20.1. The minimum Gasteiger partial charge on any atom is -0.356 e. The number of nitrogens with one attached hydrogen (secondary N) is 1. The highest BCUT2D eigenvalue weighted by molar-refractivity contribution is 5.38. The Balaban J connectivity index is 1.86. The highest BCUT2D eigenvalue weighted by Crippen LogP contribution is 2.41. The molecule has 0 spiro atoms. The number of rotatable bonds is 1. The SMILES string of the molecule is O=c1cc(N2CC3CCC3C2)nc[nH]1. The summed E-state index contributed by atoms with van der Waals surface area (Å²) >= 11 is 0. The zero-order valence-corrected chi connectivity index (χ0v) is 7.94. The molecule has 4 heteroatoms. The molecule has 0 bridgehead atoms. The zero-order chi connectivity index (χ0) is 9.54. The van der Waals surface area contributed by atoms with Crippen LogP contribution in [-0.2, 0) is 0 Å². The van der Waals surface area contributed by atoms with Crippen molar-refractivity contribution in [1.82, 2.24) is 9.97 Å². The van der Waals surface area contributed by atoms with Gasteiger partial charge in [-0.2, -0.15) is 0 Å². The first kappa shape index (κ1) is 8.03. The maximum atomic E-state index is 11.1. The maximum Gasteiger partial charge on any atom is 0.252 e. The van der Waals surface area contributed by atoms with E-state index < -0.39 is 0 Å². The Morgan fingerprint density at radius 3 is 2.64 bits per heavy atom. The third-order valence-corrected chi connectivity index (χ3v) is 3.47. The van der Waals surface area contributed by atoms with Gasteiger partial charge in [0.15, 0.2) is 0 Å². The Morgan fingerprint density at radius 1 is 1.36 bits per heavy atom. The van der Waals surface area contributed by atoms with Crippen molar-refractivity contribution in [3.63, 3.8) is 0 Å². The highest BCUT2D eigenvalue weighted by Gasteiger charge is 2.39. The summed E-state index contributed by atoms with van der Waals surface area (Å²) in [5.74, 6) is 2.55. The van der Waals surface area contributed by atoms with E-state index in [0.29, 0.717) is 0 Å². The number of hydrogen-bond donors (Lipinski definition) is 1. The number of anilines is 1. The van der Waals surface area contributed by atoms with Crippen molar-refractivity contribution in [2.24, 2.45) is 11.8 Å². The van der Waals surface area contributed by atoms with E-state index in [1.165, 1.54) is 19.2 Å². The van der Waals surface area contributed by atoms with Crippen LogP contribution in [0, 0.1) is 11.8 Å². The molecule has 1 saturated carbocycles. The second-order valence-electron chi connectivity index (χ2n) is 4.27. The molecule has 1 saturated heterocycles. The van der Waals surface area contributed by atoms with E-state index >= 15 is 0 Å². The van der Waals surface area contributed by atoms with Crippen LogP contribution in [0.15, 0.2) is 17.2 Å². The van der Waals surface area contributed by atoms with E-state index in [1.807, 2.05) is 0 Å². The summed E-state index contributed by atoms with van der Waals surface area (Å²) in [5.41, 5.74) is -0.0609. The lowest BCUT2D eigenvalue weighted by Gasteiger charge is -2.27. The summed E-state index contributed by atoms with van der Waals surface area (Å²) in [5, 5.41) is 0. The lowest BCUT2D eigenvalue weighted by Crippen LogP contribution is -2.22. The Kier molecular flexibility index (Phi) is 1.63. The third-order valence-electron chi connectivity index (χ3n) is 3.47. The summed E-state index contributed by atoms with van der Waals surface area (Å²) in [6.45, 7) is 2.17. The van der Waals surface area contributed by atoms with E-state index in [-0.39, 0.29) is 5.56 Å². The van der Waals surface area contributed by atoms with E-state index in [2.05, 4.69) is 14.9 Å². The van der Waals surface area contributed by atoms with Crippen LogP contribution in [0.25, 0.3) is 0 Å². The fraction of sp³-hybridized carbons (Fsp3) is 0.600. The number of hydrogen-bond acceptors (Lipinski definition) is 3. The first-order chi connectivity index (χ1) is 6.83. The predicted molar refractivity (Wildman–Crippen MR) is 53.3 cm³/mol. The Labute approximate surface area is 82.0 Å². The van der Waals surface area contributed by atoms with Crippen molar-refractivity contribution in [3.8, 4) is 0 Å². The maximum absolute atomic E-state index is 11.1. The van der Waals surface area contributed by atoms with Gasteiger partial charge in [0.1, 0.15) is 5.82 Å². The molecule has 1 aromatic heterocycles. The number of aromatic nitrogens is 2. The number of H-pyrrole nitrogens is 1. The van der Waals surface area contributed by atoms with Crippen molar-refractivity contribution >= 4 is 5.82 Å². The molecule has 3 rings (SSSR count). The minimum absolute atomic E-state index is 0.0609. The molecular weight excluding hydrogens is 178 g/mol. The van der Waals surface area contributed by atoms with Crippen molar-refractivity contribution in [2.75, 3.05) is 18.0 Å². The van der Waals surface area contributed by atoms with Crippen molar-refractivity contribution in [3.05, 3.63) is 22.7 Å². The molecule has 1 aromatic rings. The topological polar surface area (TPSA) is 49.0 Å². The van der Waals surface area contributed by atoms with Crippen LogP contribution >= 0.6 is 0 Å². The summed E-state index contributed by atoms with van der Waals surface area (Å²) in [7, 11) is 0. The van der Waals surface area contributed by atoms with Gasteiger partial charge in [-0.1, -0.05) is 0 Å². The third kappa shape index (κ3) is 1.14. The number of fused-ring (bicyclic) bond motifs is 1. The Hall–Kier alpha value is -1.32. The summed E-state index contributed by atoms with van der Waals surface area (Å²) < 4.78 is 0. The van der Waals surface area contributed by atoms with Gasteiger partial charge in [0, 0.05) is 19.2 Å². The number of aromatic amines is 1. The molecule has 1 N–H and O–H groups in total. The first-order valence-corrected chi connectivity index (χ1v) is 5.12.